The van der Waals surface area contributed by atoms with Crippen molar-refractivity contribution in [2.75, 3.05) is 18.4 Å². The zero-order chi connectivity index (χ0) is 20.4. The van der Waals surface area contributed by atoms with Crippen molar-refractivity contribution in [2.24, 2.45) is 0 Å². The highest BCUT2D eigenvalue weighted by atomic mass is 32.2. The predicted molar refractivity (Wildman–Crippen MR) is 113 cm³/mol. The van der Waals surface area contributed by atoms with Gasteiger partial charge in [-0.15, -0.1) is 11.3 Å². The van der Waals surface area contributed by atoms with Gasteiger partial charge in [0.2, 0.25) is 10.0 Å². The number of benzene rings is 1. The van der Waals surface area contributed by atoms with Crippen LogP contribution in [-0.2, 0) is 22.9 Å². The number of aryl methyl sites for hydroxylation is 1. The lowest BCUT2D eigenvalue weighted by molar-refractivity contribution is 0.102. The Morgan fingerprint density at radius 3 is 2.41 bits per heavy atom. The lowest BCUT2D eigenvalue weighted by atomic mass is 9.96. The van der Waals surface area contributed by atoms with Crippen LogP contribution in [0.25, 0.3) is 0 Å². The number of hydrogen-bond donors (Lipinski definition) is 1. The number of sulfonamides is 1. The molecule has 2 heterocycles. The maximum Gasteiger partial charge on any atom is 0.256 e. The number of nitrogens with zero attached hydrogens (tertiary/aromatic N) is 2. The van der Waals surface area contributed by atoms with Gasteiger partial charge >= 0.3 is 0 Å². The summed E-state index contributed by atoms with van der Waals surface area (Å²) in [7, 11) is -3.52. The van der Waals surface area contributed by atoms with E-state index in [1.54, 1.807) is 0 Å². The van der Waals surface area contributed by atoms with Gasteiger partial charge in [-0.1, -0.05) is 6.42 Å². The molecule has 1 amide bonds. The maximum absolute atomic E-state index is 12.7. The summed E-state index contributed by atoms with van der Waals surface area (Å²) < 4.78 is 27.0. The number of fused-ring (bicyclic) bond motifs is 1. The van der Waals surface area contributed by atoms with E-state index < -0.39 is 10.0 Å². The van der Waals surface area contributed by atoms with Gasteiger partial charge in [0.1, 0.15) is 11.1 Å². The summed E-state index contributed by atoms with van der Waals surface area (Å²) in [6.45, 7) is 1.09. The molecule has 1 N–H and O–H groups in total. The molecule has 2 aliphatic rings. The van der Waals surface area contributed by atoms with Crippen LogP contribution in [0.5, 0.6) is 0 Å². The van der Waals surface area contributed by atoms with E-state index >= 15 is 0 Å². The van der Waals surface area contributed by atoms with Crippen LogP contribution in [-0.4, -0.2) is 31.7 Å². The molecule has 1 aliphatic carbocycles. The van der Waals surface area contributed by atoms with Gasteiger partial charge in [-0.3, -0.25) is 4.79 Å². The number of amides is 1. The van der Waals surface area contributed by atoms with Gasteiger partial charge in [-0.25, -0.2) is 8.42 Å². The average Bonchev–Trinajstić information content (AvgIpc) is 3.11. The molecule has 0 unspecified atom stereocenters. The number of carbonyl (C=O) groups is 1. The molecule has 4 rings (SSSR count). The van der Waals surface area contributed by atoms with Gasteiger partial charge in [0.25, 0.3) is 5.91 Å². The van der Waals surface area contributed by atoms with Crippen molar-refractivity contribution in [3.05, 3.63) is 45.8 Å². The molecule has 0 atom stereocenters. The van der Waals surface area contributed by atoms with Crippen LogP contribution >= 0.6 is 11.3 Å². The zero-order valence-corrected chi connectivity index (χ0v) is 17.7. The Balaban J connectivity index is 1.52. The highest BCUT2D eigenvalue weighted by Crippen LogP contribution is 2.37. The Hall–Kier alpha value is -2.21. The lowest BCUT2D eigenvalue weighted by Gasteiger charge is -2.25. The molecule has 1 fully saturated rings. The largest absolute Gasteiger partial charge is 0.312 e. The third-order valence-electron chi connectivity index (χ3n) is 5.58. The maximum atomic E-state index is 12.7. The van der Waals surface area contributed by atoms with Crippen LogP contribution in [0.1, 0.15) is 58.5 Å². The minimum Gasteiger partial charge on any atom is -0.312 e. The number of nitriles is 1. The van der Waals surface area contributed by atoms with E-state index in [-0.39, 0.29) is 10.8 Å². The Morgan fingerprint density at radius 2 is 1.72 bits per heavy atom. The second kappa shape index (κ2) is 8.27. The number of carbonyl (C=O) groups excluding carboxylic acids is 1. The van der Waals surface area contributed by atoms with Crippen molar-refractivity contribution in [3.63, 3.8) is 0 Å². The molecule has 1 saturated heterocycles. The average molecular weight is 430 g/mol. The number of piperidine rings is 1. The molecule has 29 heavy (non-hydrogen) atoms. The van der Waals surface area contributed by atoms with E-state index in [4.69, 9.17) is 0 Å². The van der Waals surface area contributed by atoms with Crippen molar-refractivity contribution in [1.29, 1.82) is 5.26 Å². The number of thiophene rings is 1. The predicted octanol–water partition coefficient (Wildman–Crippen LogP) is 3.93. The Bertz CT molecular complexity index is 1060. The fourth-order valence-corrected chi connectivity index (χ4v) is 6.73. The minimum absolute atomic E-state index is 0.209. The number of nitrogens with one attached hydrogen (secondary N) is 1. The SMILES string of the molecule is N#Cc1c(NC(=O)c2ccc(S(=O)(=O)N3CCCCC3)cc2)sc2c1CCCC2. The second-order valence-corrected chi connectivity index (χ2v) is 10.5. The number of hydrogen-bond acceptors (Lipinski definition) is 5. The van der Waals surface area contributed by atoms with Gasteiger partial charge in [0.05, 0.1) is 10.5 Å². The standard InChI is InChI=1S/C21H23N3O3S2/c22-14-18-17-6-2-3-7-19(17)28-21(18)23-20(25)15-8-10-16(11-9-15)29(26,27)24-12-4-1-5-13-24/h8-11H,1-7,12-13H2,(H,23,25). The first-order valence-corrected chi connectivity index (χ1v) is 12.2. The molecule has 1 aromatic heterocycles. The van der Waals surface area contributed by atoms with E-state index in [1.165, 1.54) is 44.8 Å². The summed E-state index contributed by atoms with van der Waals surface area (Å²) in [4.78, 5) is 14.1. The van der Waals surface area contributed by atoms with Crippen LogP contribution in [0.4, 0.5) is 5.00 Å². The van der Waals surface area contributed by atoms with Crippen molar-refractivity contribution in [3.8, 4) is 6.07 Å². The molecule has 152 valence electrons. The zero-order valence-electron chi connectivity index (χ0n) is 16.1. The summed E-state index contributed by atoms with van der Waals surface area (Å²) in [6.07, 6.45) is 6.83. The third kappa shape index (κ3) is 3.95. The molecule has 0 saturated carbocycles. The molecular formula is C21H23N3O3S2. The summed E-state index contributed by atoms with van der Waals surface area (Å²) >= 11 is 1.48. The van der Waals surface area contributed by atoms with Crippen LogP contribution in [0.3, 0.4) is 0 Å². The van der Waals surface area contributed by atoms with Crippen molar-refractivity contribution in [1.82, 2.24) is 4.31 Å². The number of anilines is 1. The van der Waals surface area contributed by atoms with Crippen LogP contribution < -0.4 is 5.32 Å². The molecule has 0 bridgehead atoms. The van der Waals surface area contributed by atoms with E-state index in [0.717, 1.165) is 50.5 Å². The van der Waals surface area contributed by atoms with Crippen LogP contribution in [0.15, 0.2) is 29.2 Å². The monoisotopic (exact) mass is 429 g/mol. The molecular weight excluding hydrogens is 406 g/mol. The van der Waals surface area contributed by atoms with Crippen LogP contribution in [0.2, 0.25) is 0 Å². The summed E-state index contributed by atoms with van der Waals surface area (Å²) in [6, 6.07) is 8.28. The lowest BCUT2D eigenvalue weighted by Crippen LogP contribution is -2.35. The smallest absolute Gasteiger partial charge is 0.256 e. The van der Waals surface area contributed by atoms with Crippen molar-refractivity contribution >= 4 is 32.3 Å². The van der Waals surface area contributed by atoms with Gasteiger partial charge in [-0.05, 0) is 68.4 Å². The van der Waals surface area contributed by atoms with E-state index in [1.807, 2.05) is 0 Å². The minimum atomic E-state index is -3.52. The molecule has 2 aromatic rings. The quantitative estimate of drug-likeness (QED) is 0.797. The van der Waals surface area contributed by atoms with Crippen molar-refractivity contribution in [2.45, 2.75) is 49.8 Å². The van der Waals surface area contributed by atoms with E-state index in [0.29, 0.717) is 29.2 Å². The first-order valence-electron chi connectivity index (χ1n) is 9.97. The molecule has 6 nitrogen and oxygen atoms in total. The Kier molecular flexibility index (Phi) is 5.72. The Morgan fingerprint density at radius 1 is 1.03 bits per heavy atom. The topological polar surface area (TPSA) is 90.3 Å². The van der Waals surface area contributed by atoms with Gasteiger partial charge in [-0.2, -0.15) is 9.57 Å². The summed E-state index contributed by atoms with van der Waals surface area (Å²) in [5, 5.41) is 13.0. The fourth-order valence-electron chi connectivity index (χ4n) is 3.98. The van der Waals surface area contributed by atoms with Gasteiger partial charge in [0.15, 0.2) is 0 Å². The third-order valence-corrected chi connectivity index (χ3v) is 8.70. The van der Waals surface area contributed by atoms with Crippen molar-refractivity contribution < 1.29 is 13.2 Å². The molecule has 8 heteroatoms. The van der Waals surface area contributed by atoms with Gasteiger partial charge in [0, 0.05) is 23.5 Å². The summed E-state index contributed by atoms with van der Waals surface area (Å²) in [5.74, 6) is -0.331. The Labute approximate surface area is 175 Å². The second-order valence-electron chi connectivity index (χ2n) is 7.47. The molecule has 1 aliphatic heterocycles. The molecule has 0 radical (unpaired) electrons. The van der Waals surface area contributed by atoms with Gasteiger partial charge < -0.3 is 5.32 Å². The number of rotatable bonds is 4. The van der Waals surface area contributed by atoms with E-state index in [9.17, 15) is 18.5 Å². The molecule has 1 aromatic carbocycles. The normalized spacial score (nSPS) is 17.3. The highest BCUT2D eigenvalue weighted by Gasteiger charge is 2.26. The first-order chi connectivity index (χ1) is 14.0. The highest BCUT2D eigenvalue weighted by molar-refractivity contribution is 7.89. The molecule has 0 spiro atoms. The van der Waals surface area contributed by atoms with E-state index in [2.05, 4.69) is 11.4 Å². The summed E-state index contributed by atoms with van der Waals surface area (Å²) in [5.41, 5.74) is 2.02. The first kappa shape index (κ1) is 20.1. The van der Waals surface area contributed by atoms with Crippen LogP contribution in [0, 0.1) is 11.3 Å². The fraction of sp³-hybridized carbons (Fsp3) is 0.429.